The zero-order valence-corrected chi connectivity index (χ0v) is 16.6. The Bertz CT molecular complexity index is 1470. The van der Waals surface area contributed by atoms with Crippen molar-refractivity contribution in [2.75, 3.05) is 0 Å². The molecule has 2 aromatic heterocycles. The third-order valence-electron chi connectivity index (χ3n) is 5.33. The second-order valence-electron chi connectivity index (χ2n) is 7.35. The summed E-state index contributed by atoms with van der Waals surface area (Å²) in [6, 6.07) is 34.1. The van der Waals surface area contributed by atoms with Crippen molar-refractivity contribution in [2.24, 2.45) is 0 Å². The highest BCUT2D eigenvalue weighted by Gasteiger charge is 2.14. The summed E-state index contributed by atoms with van der Waals surface area (Å²) < 4.78 is 5.98. The van der Waals surface area contributed by atoms with E-state index in [1.54, 1.807) is 0 Å². The lowest BCUT2D eigenvalue weighted by Gasteiger charge is -2.08. The predicted molar refractivity (Wildman–Crippen MR) is 130 cm³/mol. The second-order valence-corrected chi connectivity index (χ2v) is 7.35. The summed E-state index contributed by atoms with van der Waals surface area (Å²) in [5, 5.41) is 2.14. The topological polar surface area (TPSA) is 51.8 Å². The highest BCUT2D eigenvalue weighted by molar-refractivity contribution is 6.06. The van der Waals surface area contributed by atoms with Crippen molar-refractivity contribution in [3.63, 3.8) is 0 Å². The van der Waals surface area contributed by atoms with Gasteiger partial charge in [0.15, 0.2) is 17.5 Å². The Labute approximate surface area is 186 Å². The lowest BCUT2D eigenvalue weighted by molar-refractivity contribution is 0.669. The van der Waals surface area contributed by atoms with Crippen LogP contribution in [0.4, 0.5) is 0 Å². The van der Waals surface area contributed by atoms with Gasteiger partial charge in [0.25, 0.3) is 0 Å². The third-order valence-corrected chi connectivity index (χ3v) is 5.33. The average Bonchev–Trinajstić information content (AvgIpc) is 3.23. The van der Waals surface area contributed by atoms with E-state index in [1.807, 2.05) is 91.0 Å². The SMILES string of the molecule is C.c1ccc(-c2nc(-c3ccccc3)nc(-c3ccc4oc5ccccc5c4c3)n2)cc1. The van der Waals surface area contributed by atoms with Crippen molar-refractivity contribution in [3.8, 4) is 34.2 Å². The van der Waals surface area contributed by atoms with E-state index in [2.05, 4.69) is 12.1 Å². The molecule has 0 unspecified atom stereocenters. The number of nitrogens with zero attached hydrogens (tertiary/aromatic N) is 3. The fourth-order valence-corrected chi connectivity index (χ4v) is 3.80. The Kier molecular flexibility index (Phi) is 4.96. The van der Waals surface area contributed by atoms with Gasteiger partial charge in [0, 0.05) is 27.5 Å². The maximum Gasteiger partial charge on any atom is 0.164 e. The molecule has 0 fully saturated rings. The van der Waals surface area contributed by atoms with E-state index in [9.17, 15) is 0 Å². The van der Waals surface area contributed by atoms with Crippen LogP contribution >= 0.6 is 0 Å². The summed E-state index contributed by atoms with van der Waals surface area (Å²) in [5.41, 5.74) is 4.57. The monoisotopic (exact) mass is 415 g/mol. The number of aromatic nitrogens is 3. The Hall–Kier alpha value is -4.31. The van der Waals surface area contributed by atoms with Gasteiger partial charge in [-0.2, -0.15) is 0 Å². The number of fused-ring (bicyclic) bond motifs is 3. The molecular formula is C28H21N3O. The molecule has 154 valence electrons. The normalized spacial score (nSPS) is 10.9. The van der Waals surface area contributed by atoms with Gasteiger partial charge in [0.2, 0.25) is 0 Å². The number of furan rings is 1. The number of benzene rings is 4. The molecule has 0 spiro atoms. The van der Waals surface area contributed by atoms with Crippen molar-refractivity contribution in [1.82, 2.24) is 15.0 Å². The third kappa shape index (κ3) is 3.42. The molecule has 0 N–H and O–H groups in total. The largest absolute Gasteiger partial charge is 0.456 e. The molecule has 0 radical (unpaired) electrons. The van der Waals surface area contributed by atoms with Gasteiger partial charge in [-0.25, -0.2) is 15.0 Å². The molecule has 0 aliphatic heterocycles. The molecule has 0 amide bonds. The summed E-state index contributed by atoms with van der Waals surface area (Å²) in [6.07, 6.45) is 0. The van der Waals surface area contributed by atoms with Gasteiger partial charge in [-0.3, -0.25) is 0 Å². The van der Waals surface area contributed by atoms with Crippen molar-refractivity contribution in [1.29, 1.82) is 0 Å². The Morgan fingerprint density at radius 3 is 1.56 bits per heavy atom. The first-order chi connectivity index (χ1) is 15.3. The maximum absolute atomic E-state index is 5.98. The minimum atomic E-state index is 0. The van der Waals surface area contributed by atoms with Crippen molar-refractivity contribution >= 4 is 21.9 Å². The minimum absolute atomic E-state index is 0. The van der Waals surface area contributed by atoms with Gasteiger partial charge < -0.3 is 4.42 Å². The molecule has 2 heterocycles. The van der Waals surface area contributed by atoms with Crippen LogP contribution < -0.4 is 0 Å². The van der Waals surface area contributed by atoms with E-state index in [1.165, 1.54) is 0 Å². The van der Waals surface area contributed by atoms with Gasteiger partial charge in [0.1, 0.15) is 11.2 Å². The minimum Gasteiger partial charge on any atom is -0.456 e. The van der Waals surface area contributed by atoms with E-state index in [0.717, 1.165) is 38.6 Å². The molecule has 4 nitrogen and oxygen atoms in total. The van der Waals surface area contributed by atoms with Crippen LogP contribution in [0.5, 0.6) is 0 Å². The Balaban J connectivity index is 0.00000216. The van der Waals surface area contributed by atoms with Crippen LogP contribution in [0.15, 0.2) is 108 Å². The van der Waals surface area contributed by atoms with Gasteiger partial charge in [-0.05, 0) is 24.3 Å². The zero-order chi connectivity index (χ0) is 20.6. The lowest BCUT2D eigenvalue weighted by atomic mass is 10.1. The summed E-state index contributed by atoms with van der Waals surface area (Å²) in [5.74, 6) is 1.95. The fourth-order valence-electron chi connectivity index (χ4n) is 3.80. The molecule has 32 heavy (non-hydrogen) atoms. The standard InChI is InChI=1S/C27H17N3O.CH4/c1-3-9-18(10-4-1)25-28-26(19-11-5-2-6-12-19)30-27(29-25)20-15-16-24-22(17-20)21-13-7-8-14-23(21)31-24;/h1-17H;1H4. The Morgan fingerprint density at radius 1 is 0.438 bits per heavy atom. The zero-order valence-electron chi connectivity index (χ0n) is 16.6. The van der Waals surface area contributed by atoms with Gasteiger partial charge in [0.05, 0.1) is 0 Å². The van der Waals surface area contributed by atoms with E-state index < -0.39 is 0 Å². The molecule has 0 saturated carbocycles. The molecule has 6 rings (SSSR count). The molecule has 0 atom stereocenters. The molecule has 4 aromatic carbocycles. The van der Waals surface area contributed by atoms with E-state index in [0.29, 0.717) is 17.5 Å². The van der Waals surface area contributed by atoms with Crippen molar-refractivity contribution in [2.45, 2.75) is 7.43 Å². The number of rotatable bonds is 3. The van der Waals surface area contributed by atoms with Crippen molar-refractivity contribution < 1.29 is 4.42 Å². The number of hydrogen-bond donors (Lipinski definition) is 0. The first-order valence-electron chi connectivity index (χ1n) is 10.1. The summed E-state index contributed by atoms with van der Waals surface area (Å²) >= 11 is 0. The average molecular weight is 415 g/mol. The quantitative estimate of drug-likeness (QED) is 0.302. The summed E-state index contributed by atoms with van der Waals surface area (Å²) in [6.45, 7) is 0. The van der Waals surface area contributed by atoms with E-state index >= 15 is 0 Å². The van der Waals surface area contributed by atoms with Crippen LogP contribution in [0.3, 0.4) is 0 Å². The molecular weight excluding hydrogens is 394 g/mol. The molecule has 0 saturated heterocycles. The fraction of sp³-hybridized carbons (Fsp3) is 0.0357. The summed E-state index contributed by atoms with van der Waals surface area (Å²) in [7, 11) is 0. The van der Waals surface area contributed by atoms with Crippen molar-refractivity contribution in [3.05, 3.63) is 103 Å². The molecule has 4 heteroatoms. The Morgan fingerprint density at radius 2 is 0.938 bits per heavy atom. The highest BCUT2D eigenvalue weighted by atomic mass is 16.3. The molecule has 0 bridgehead atoms. The van der Waals surface area contributed by atoms with Gasteiger partial charge in [-0.1, -0.05) is 86.3 Å². The van der Waals surface area contributed by atoms with Crippen LogP contribution in [-0.2, 0) is 0 Å². The highest BCUT2D eigenvalue weighted by Crippen LogP contribution is 2.32. The smallest absolute Gasteiger partial charge is 0.164 e. The number of para-hydroxylation sites is 1. The van der Waals surface area contributed by atoms with Gasteiger partial charge in [-0.15, -0.1) is 0 Å². The van der Waals surface area contributed by atoms with Crippen LogP contribution in [0.1, 0.15) is 7.43 Å². The van der Waals surface area contributed by atoms with Crippen LogP contribution in [0.25, 0.3) is 56.1 Å². The van der Waals surface area contributed by atoms with E-state index in [4.69, 9.17) is 19.4 Å². The predicted octanol–water partition coefficient (Wildman–Crippen LogP) is 7.41. The maximum atomic E-state index is 5.98. The lowest BCUT2D eigenvalue weighted by Crippen LogP contribution is -2.00. The first-order valence-corrected chi connectivity index (χ1v) is 10.1. The molecule has 0 aliphatic rings. The van der Waals surface area contributed by atoms with Crippen LogP contribution in [0.2, 0.25) is 0 Å². The molecule has 0 aliphatic carbocycles. The second kappa shape index (κ2) is 8.08. The number of hydrogen-bond acceptors (Lipinski definition) is 4. The van der Waals surface area contributed by atoms with E-state index in [-0.39, 0.29) is 7.43 Å². The van der Waals surface area contributed by atoms with Crippen LogP contribution in [-0.4, -0.2) is 15.0 Å². The van der Waals surface area contributed by atoms with Crippen LogP contribution in [0, 0.1) is 0 Å². The molecule has 6 aromatic rings. The summed E-state index contributed by atoms with van der Waals surface area (Å²) in [4.78, 5) is 14.4. The first kappa shape index (κ1) is 19.6. The van der Waals surface area contributed by atoms with Gasteiger partial charge >= 0.3 is 0 Å².